The van der Waals surface area contributed by atoms with Crippen molar-refractivity contribution in [3.05, 3.63) is 62.7 Å². The summed E-state index contributed by atoms with van der Waals surface area (Å²) in [5.74, 6) is 0. The molecule has 0 radical (unpaired) electrons. The van der Waals surface area contributed by atoms with Gasteiger partial charge in [0.05, 0.1) is 4.92 Å². The zero-order valence-electron chi connectivity index (χ0n) is 12.4. The summed E-state index contributed by atoms with van der Waals surface area (Å²) in [5.41, 5.74) is 9.90. The van der Waals surface area contributed by atoms with Crippen LogP contribution < -0.4 is 10.6 Å². The third-order valence-corrected chi connectivity index (χ3v) is 4.35. The average molecular weight is 354 g/mol. The number of non-ortho nitro benzene ring substituents is 1. The minimum absolute atomic E-state index is 0. The van der Waals surface area contributed by atoms with Crippen LogP contribution in [0.15, 0.2) is 36.4 Å². The van der Waals surface area contributed by atoms with Crippen molar-refractivity contribution in [2.24, 2.45) is 0 Å². The number of rotatable bonds is 3. The van der Waals surface area contributed by atoms with Crippen molar-refractivity contribution in [1.29, 1.82) is 0 Å². The molecule has 2 aromatic carbocycles. The highest BCUT2D eigenvalue weighted by Gasteiger charge is 2.20. The lowest BCUT2D eigenvalue weighted by molar-refractivity contribution is -0.384. The van der Waals surface area contributed by atoms with Crippen LogP contribution in [0.25, 0.3) is 0 Å². The second-order valence-electron chi connectivity index (χ2n) is 5.40. The van der Waals surface area contributed by atoms with Gasteiger partial charge in [-0.3, -0.25) is 10.1 Å². The van der Waals surface area contributed by atoms with E-state index in [1.165, 1.54) is 6.07 Å². The van der Waals surface area contributed by atoms with Gasteiger partial charge >= 0.3 is 0 Å². The summed E-state index contributed by atoms with van der Waals surface area (Å²) in [6.07, 6.45) is 1.97. The van der Waals surface area contributed by atoms with Gasteiger partial charge in [0, 0.05) is 41.6 Å². The van der Waals surface area contributed by atoms with Crippen LogP contribution >= 0.6 is 24.0 Å². The van der Waals surface area contributed by atoms with Gasteiger partial charge in [-0.1, -0.05) is 17.7 Å². The van der Waals surface area contributed by atoms with E-state index in [2.05, 4.69) is 4.90 Å². The fourth-order valence-corrected chi connectivity index (χ4v) is 3.07. The maximum atomic E-state index is 10.9. The molecular weight excluding hydrogens is 337 g/mol. The Hall–Kier alpha value is -1.98. The monoisotopic (exact) mass is 353 g/mol. The van der Waals surface area contributed by atoms with E-state index in [9.17, 15) is 10.1 Å². The normalized spacial score (nSPS) is 13.2. The Bertz CT molecular complexity index is 737. The maximum absolute atomic E-state index is 10.9. The van der Waals surface area contributed by atoms with E-state index < -0.39 is 4.92 Å². The third kappa shape index (κ3) is 3.51. The number of nitro benzene ring substituents is 1. The molecule has 0 saturated carbocycles. The fraction of sp³-hybridized carbons (Fsp3) is 0.250. The molecule has 1 aliphatic rings. The first kappa shape index (κ1) is 17.4. The standard InChI is InChI=1S/C16H16ClN3O2.ClH/c17-14-7-6-12(20(21)22)9-11(14)10-19-8-2-3-13-15(18)4-1-5-16(13)19;/h1,4-7,9H,2-3,8,10,18H2;1H. The van der Waals surface area contributed by atoms with Crippen molar-refractivity contribution in [3.63, 3.8) is 0 Å². The van der Waals surface area contributed by atoms with Crippen LogP contribution in [0.3, 0.4) is 0 Å². The highest BCUT2D eigenvalue weighted by atomic mass is 35.5. The van der Waals surface area contributed by atoms with Crippen molar-refractivity contribution in [3.8, 4) is 0 Å². The predicted octanol–water partition coefficient (Wildman–Crippen LogP) is 4.21. The van der Waals surface area contributed by atoms with Crippen molar-refractivity contribution in [1.82, 2.24) is 0 Å². The Kier molecular flexibility index (Phi) is 5.34. The van der Waals surface area contributed by atoms with E-state index in [1.54, 1.807) is 12.1 Å². The van der Waals surface area contributed by atoms with E-state index in [-0.39, 0.29) is 18.1 Å². The molecule has 0 bridgehead atoms. The number of fused-ring (bicyclic) bond motifs is 1. The lowest BCUT2D eigenvalue weighted by Gasteiger charge is -2.32. The second-order valence-corrected chi connectivity index (χ2v) is 5.81. The number of halogens is 2. The summed E-state index contributed by atoms with van der Waals surface area (Å²) < 4.78 is 0. The Morgan fingerprint density at radius 1 is 1.30 bits per heavy atom. The van der Waals surface area contributed by atoms with Crippen LogP contribution in [-0.2, 0) is 13.0 Å². The lowest BCUT2D eigenvalue weighted by atomic mass is 9.99. The molecule has 0 unspecified atom stereocenters. The Balaban J connectivity index is 0.00000192. The van der Waals surface area contributed by atoms with E-state index in [4.69, 9.17) is 17.3 Å². The topological polar surface area (TPSA) is 72.4 Å². The molecule has 3 rings (SSSR count). The van der Waals surface area contributed by atoms with Gasteiger partial charge in [-0.15, -0.1) is 12.4 Å². The van der Waals surface area contributed by atoms with Gasteiger partial charge in [-0.2, -0.15) is 0 Å². The van der Waals surface area contributed by atoms with E-state index in [1.807, 2.05) is 18.2 Å². The summed E-state index contributed by atoms with van der Waals surface area (Å²) in [5, 5.41) is 11.5. The van der Waals surface area contributed by atoms with Crippen LogP contribution in [0.1, 0.15) is 17.5 Å². The van der Waals surface area contributed by atoms with E-state index in [0.29, 0.717) is 11.6 Å². The Morgan fingerprint density at radius 2 is 2.09 bits per heavy atom. The maximum Gasteiger partial charge on any atom is 0.269 e. The fourth-order valence-electron chi connectivity index (χ4n) is 2.89. The van der Waals surface area contributed by atoms with Gasteiger partial charge in [-0.05, 0) is 42.2 Å². The summed E-state index contributed by atoms with van der Waals surface area (Å²) >= 11 is 6.20. The first-order chi connectivity index (χ1) is 10.6. The highest BCUT2D eigenvalue weighted by molar-refractivity contribution is 6.31. The van der Waals surface area contributed by atoms with Crippen molar-refractivity contribution >= 4 is 41.1 Å². The van der Waals surface area contributed by atoms with Crippen molar-refractivity contribution in [2.75, 3.05) is 17.2 Å². The third-order valence-electron chi connectivity index (χ3n) is 3.98. The van der Waals surface area contributed by atoms with E-state index in [0.717, 1.165) is 41.9 Å². The SMILES string of the molecule is Cl.Nc1cccc2c1CCCN2Cc1cc([N+](=O)[O-])ccc1Cl. The van der Waals surface area contributed by atoms with Gasteiger partial charge in [0.15, 0.2) is 0 Å². The van der Waals surface area contributed by atoms with Crippen LogP contribution in [-0.4, -0.2) is 11.5 Å². The number of nitrogen functional groups attached to an aromatic ring is 1. The minimum Gasteiger partial charge on any atom is -0.398 e. The zero-order chi connectivity index (χ0) is 15.7. The van der Waals surface area contributed by atoms with E-state index >= 15 is 0 Å². The molecule has 0 saturated heterocycles. The Morgan fingerprint density at radius 3 is 2.83 bits per heavy atom. The van der Waals surface area contributed by atoms with Crippen molar-refractivity contribution in [2.45, 2.75) is 19.4 Å². The van der Waals surface area contributed by atoms with Gasteiger partial charge in [0.2, 0.25) is 0 Å². The molecule has 2 N–H and O–H groups in total. The number of hydrogen-bond acceptors (Lipinski definition) is 4. The van der Waals surface area contributed by atoms with Gasteiger partial charge in [0.25, 0.3) is 5.69 Å². The number of hydrogen-bond donors (Lipinski definition) is 1. The predicted molar refractivity (Wildman–Crippen MR) is 95.6 cm³/mol. The van der Waals surface area contributed by atoms with Crippen LogP contribution in [0.4, 0.5) is 17.1 Å². The number of nitrogens with two attached hydrogens (primary N) is 1. The first-order valence-corrected chi connectivity index (χ1v) is 7.49. The molecule has 23 heavy (non-hydrogen) atoms. The molecule has 0 amide bonds. The number of benzene rings is 2. The number of nitrogens with zero attached hydrogens (tertiary/aromatic N) is 2. The van der Waals surface area contributed by atoms with Gasteiger partial charge in [-0.25, -0.2) is 0 Å². The number of anilines is 2. The lowest BCUT2D eigenvalue weighted by Crippen LogP contribution is -2.29. The summed E-state index contributed by atoms with van der Waals surface area (Å²) in [4.78, 5) is 12.7. The zero-order valence-corrected chi connectivity index (χ0v) is 13.9. The Labute approximate surface area is 145 Å². The highest BCUT2D eigenvalue weighted by Crippen LogP contribution is 2.33. The summed E-state index contributed by atoms with van der Waals surface area (Å²) in [6, 6.07) is 10.4. The van der Waals surface area contributed by atoms with Crippen LogP contribution in [0.2, 0.25) is 5.02 Å². The summed E-state index contributed by atoms with van der Waals surface area (Å²) in [6.45, 7) is 1.42. The largest absolute Gasteiger partial charge is 0.398 e. The molecule has 1 aliphatic heterocycles. The molecule has 122 valence electrons. The van der Waals surface area contributed by atoms with Gasteiger partial charge in [0.1, 0.15) is 0 Å². The summed E-state index contributed by atoms with van der Waals surface area (Å²) in [7, 11) is 0. The molecule has 0 atom stereocenters. The molecular formula is C16H17Cl2N3O2. The molecule has 0 aromatic heterocycles. The molecule has 0 spiro atoms. The van der Waals surface area contributed by atoms with Crippen molar-refractivity contribution < 1.29 is 4.92 Å². The molecule has 5 nitrogen and oxygen atoms in total. The molecule has 2 aromatic rings. The van der Waals surface area contributed by atoms with Crippen LogP contribution in [0, 0.1) is 10.1 Å². The average Bonchev–Trinajstić information content (AvgIpc) is 2.50. The first-order valence-electron chi connectivity index (χ1n) is 7.11. The second kappa shape index (κ2) is 7.06. The molecule has 7 heteroatoms. The minimum atomic E-state index is -0.401. The van der Waals surface area contributed by atoms with Gasteiger partial charge < -0.3 is 10.6 Å². The number of nitro groups is 1. The smallest absolute Gasteiger partial charge is 0.269 e. The molecule has 0 fully saturated rings. The molecule has 0 aliphatic carbocycles. The quantitative estimate of drug-likeness (QED) is 0.509. The van der Waals surface area contributed by atoms with Crippen LogP contribution in [0.5, 0.6) is 0 Å². The molecule has 1 heterocycles.